The first-order valence-corrected chi connectivity index (χ1v) is 8.78. The van der Waals surface area contributed by atoms with Crippen molar-refractivity contribution >= 4 is 5.91 Å². The molecule has 0 spiro atoms. The molecule has 10 heteroatoms. The zero-order valence-corrected chi connectivity index (χ0v) is 15.2. The SMILES string of the molecule is CC(CN1CCOCC1)NC(=O)c1cnn(-c2ccccc2F)c1C(F)(F)F. The quantitative estimate of drug-likeness (QED) is 0.784. The van der Waals surface area contributed by atoms with Gasteiger partial charge in [0, 0.05) is 25.7 Å². The largest absolute Gasteiger partial charge is 0.434 e. The molecule has 2 heterocycles. The molecule has 28 heavy (non-hydrogen) atoms. The van der Waals surface area contributed by atoms with Gasteiger partial charge in [0.25, 0.3) is 5.91 Å². The molecule has 1 amide bonds. The van der Waals surface area contributed by atoms with Crippen LogP contribution in [0.4, 0.5) is 17.6 Å². The molecule has 152 valence electrons. The fraction of sp³-hybridized carbons (Fsp3) is 0.444. The first-order valence-electron chi connectivity index (χ1n) is 8.78. The third kappa shape index (κ3) is 4.50. The van der Waals surface area contributed by atoms with Gasteiger partial charge in [-0.3, -0.25) is 9.69 Å². The smallest absolute Gasteiger partial charge is 0.379 e. The van der Waals surface area contributed by atoms with Gasteiger partial charge >= 0.3 is 6.18 Å². The highest BCUT2D eigenvalue weighted by Gasteiger charge is 2.41. The van der Waals surface area contributed by atoms with Crippen LogP contribution in [0.25, 0.3) is 5.69 Å². The van der Waals surface area contributed by atoms with E-state index in [1.807, 2.05) is 0 Å². The Labute approximate surface area is 159 Å². The summed E-state index contributed by atoms with van der Waals surface area (Å²) in [6.45, 7) is 4.74. The number of morpholine rings is 1. The van der Waals surface area contributed by atoms with Gasteiger partial charge in [-0.05, 0) is 19.1 Å². The summed E-state index contributed by atoms with van der Waals surface area (Å²) in [7, 11) is 0. The fourth-order valence-corrected chi connectivity index (χ4v) is 3.11. The highest BCUT2D eigenvalue weighted by atomic mass is 19.4. The Bertz CT molecular complexity index is 831. The van der Waals surface area contributed by atoms with Gasteiger partial charge < -0.3 is 10.1 Å². The molecule has 1 saturated heterocycles. The van der Waals surface area contributed by atoms with Gasteiger partial charge in [0.15, 0.2) is 5.69 Å². The van der Waals surface area contributed by atoms with Crippen LogP contribution in [-0.2, 0) is 10.9 Å². The lowest BCUT2D eigenvalue weighted by atomic mass is 10.2. The number of carbonyl (C=O) groups is 1. The van der Waals surface area contributed by atoms with Crippen molar-refractivity contribution in [2.24, 2.45) is 0 Å². The molecule has 1 aromatic heterocycles. The van der Waals surface area contributed by atoms with Crippen molar-refractivity contribution < 1.29 is 27.1 Å². The maximum absolute atomic E-state index is 14.0. The van der Waals surface area contributed by atoms with Crippen LogP contribution in [0.3, 0.4) is 0 Å². The lowest BCUT2D eigenvalue weighted by Gasteiger charge is -2.29. The predicted molar refractivity (Wildman–Crippen MR) is 92.7 cm³/mol. The number of ether oxygens (including phenoxy) is 1. The van der Waals surface area contributed by atoms with Gasteiger partial charge in [-0.2, -0.15) is 18.3 Å². The molecular formula is C18H20F4N4O2. The second kappa shape index (κ2) is 8.27. The van der Waals surface area contributed by atoms with E-state index >= 15 is 0 Å². The minimum absolute atomic E-state index is 0.379. The van der Waals surface area contributed by atoms with E-state index in [1.54, 1.807) is 6.92 Å². The monoisotopic (exact) mass is 400 g/mol. The first-order chi connectivity index (χ1) is 13.3. The molecular weight excluding hydrogens is 380 g/mol. The van der Waals surface area contributed by atoms with Crippen LogP contribution in [0, 0.1) is 5.82 Å². The second-order valence-corrected chi connectivity index (χ2v) is 6.56. The van der Waals surface area contributed by atoms with Gasteiger partial charge in [0.2, 0.25) is 0 Å². The molecule has 1 atom stereocenters. The minimum Gasteiger partial charge on any atom is -0.379 e. The number of halogens is 4. The average molecular weight is 400 g/mol. The van der Waals surface area contributed by atoms with Crippen LogP contribution >= 0.6 is 0 Å². The van der Waals surface area contributed by atoms with E-state index < -0.39 is 29.2 Å². The summed E-state index contributed by atoms with van der Waals surface area (Å²) in [5, 5.41) is 6.19. The molecule has 1 fully saturated rings. The lowest BCUT2D eigenvalue weighted by Crippen LogP contribution is -2.46. The van der Waals surface area contributed by atoms with Crippen molar-refractivity contribution in [3.63, 3.8) is 0 Å². The second-order valence-electron chi connectivity index (χ2n) is 6.56. The van der Waals surface area contributed by atoms with E-state index in [4.69, 9.17) is 4.74 Å². The number of para-hydroxylation sites is 1. The Morgan fingerprint density at radius 2 is 1.96 bits per heavy atom. The highest BCUT2D eigenvalue weighted by Crippen LogP contribution is 2.34. The molecule has 0 saturated carbocycles. The molecule has 3 rings (SSSR count). The summed E-state index contributed by atoms with van der Waals surface area (Å²) < 4.78 is 60.6. The Morgan fingerprint density at radius 3 is 2.61 bits per heavy atom. The number of nitrogens with zero attached hydrogens (tertiary/aromatic N) is 3. The van der Waals surface area contributed by atoms with Gasteiger partial charge in [-0.15, -0.1) is 0 Å². The van der Waals surface area contributed by atoms with E-state index in [2.05, 4.69) is 15.3 Å². The van der Waals surface area contributed by atoms with Gasteiger partial charge in [0.1, 0.15) is 11.5 Å². The standard InChI is InChI=1S/C18H20F4N4O2/c1-12(11-25-6-8-28-9-7-25)24-17(27)13-10-23-26(16(13)18(20,21)22)15-5-3-2-4-14(15)19/h2-5,10,12H,6-9,11H2,1H3,(H,24,27). The molecule has 6 nitrogen and oxygen atoms in total. The Morgan fingerprint density at radius 1 is 1.29 bits per heavy atom. The molecule has 0 radical (unpaired) electrons. The molecule has 0 bridgehead atoms. The Balaban J connectivity index is 1.83. The van der Waals surface area contributed by atoms with Gasteiger partial charge in [-0.25, -0.2) is 9.07 Å². The third-order valence-electron chi connectivity index (χ3n) is 4.38. The van der Waals surface area contributed by atoms with Crippen LogP contribution in [0.1, 0.15) is 23.0 Å². The number of amides is 1. The van der Waals surface area contributed by atoms with Crippen molar-refractivity contribution in [3.8, 4) is 5.69 Å². The number of aromatic nitrogens is 2. The van der Waals surface area contributed by atoms with Crippen LogP contribution in [0.5, 0.6) is 0 Å². The fourth-order valence-electron chi connectivity index (χ4n) is 3.11. The number of carbonyl (C=O) groups excluding carboxylic acids is 1. The number of hydrogen-bond donors (Lipinski definition) is 1. The normalized spacial score (nSPS) is 16.8. The summed E-state index contributed by atoms with van der Waals surface area (Å²) >= 11 is 0. The summed E-state index contributed by atoms with van der Waals surface area (Å²) in [4.78, 5) is 14.5. The Kier molecular flexibility index (Phi) is 5.99. The zero-order chi connectivity index (χ0) is 20.3. The van der Waals surface area contributed by atoms with Crippen molar-refractivity contribution in [1.82, 2.24) is 20.0 Å². The Hall–Kier alpha value is -2.46. The molecule has 1 N–H and O–H groups in total. The number of rotatable bonds is 5. The van der Waals surface area contributed by atoms with Crippen LogP contribution < -0.4 is 5.32 Å². The topological polar surface area (TPSA) is 59.4 Å². The minimum atomic E-state index is -4.89. The van der Waals surface area contributed by atoms with Gasteiger partial charge in [0.05, 0.1) is 25.0 Å². The zero-order valence-electron chi connectivity index (χ0n) is 15.2. The van der Waals surface area contributed by atoms with Crippen molar-refractivity contribution in [2.75, 3.05) is 32.8 Å². The predicted octanol–water partition coefficient (Wildman–Crippen LogP) is 2.48. The third-order valence-corrected chi connectivity index (χ3v) is 4.38. The van der Waals surface area contributed by atoms with E-state index in [9.17, 15) is 22.4 Å². The van der Waals surface area contributed by atoms with Crippen molar-refractivity contribution in [2.45, 2.75) is 19.1 Å². The number of benzene rings is 1. The summed E-state index contributed by atoms with van der Waals surface area (Å²) in [6.07, 6.45) is -4.08. The van der Waals surface area contributed by atoms with Crippen molar-refractivity contribution in [1.29, 1.82) is 0 Å². The number of hydrogen-bond acceptors (Lipinski definition) is 4. The van der Waals surface area contributed by atoms with Crippen LogP contribution in [-0.4, -0.2) is 59.5 Å². The van der Waals surface area contributed by atoms with Crippen LogP contribution in [0.15, 0.2) is 30.5 Å². The molecule has 2 aromatic rings. The lowest BCUT2D eigenvalue weighted by molar-refractivity contribution is -0.143. The van der Waals surface area contributed by atoms with Crippen LogP contribution in [0.2, 0.25) is 0 Å². The van der Waals surface area contributed by atoms with E-state index in [1.165, 1.54) is 18.2 Å². The van der Waals surface area contributed by atoms with Gasteiger partial charge in [-0.1, -0.05) is 12.1 Å². The van der Waals surface area contributed by atoms with E-state index in [0.29, 0.717) is 37.5 Å². The summed E-state index contributed by atoms with van der Waals surface area (Å²) in [5.74, 6) is -1.78. The average Bonchev–Trinajstić information content (AvgIpc) is 3.08. The maximum atomic E-state index is 14.0. The molecule has 0 aliphatic carbocycles. The van der Waals surface area contributed by atoms with E-state index in [-0.39, 0.29) is 11.7 Å². The number of alkyl halides is 3. The molecule has 1 aromatic carbocycles. The summed E-state index contributed by atoms with van der Waals surface area (Å²) in [5.41, 5.74) is -2.34. The number of nitrogens with one attached hydrogen (secondary N) is 1. The molecule has 1 aliphatic heterocycles. The maximum Gasteiger partial charge on any atom is 0.434 e. The highest BCUT2D eigenvalue weighted by molar-refractivity contribution is 5.95. The van der Waals surface area contributed by atoms with E-state index in [0.717, 1.165) is 12.3 Å². The first kappa shape index (κ1) is 20.3. The molecule has 1 aliphatic rings. The summed E-state index contributed by atoms with van der Waals surface area (Å²) in [6, 6.07) is 4.56. The molecule has 1 unspecified atom stereocenters. The van der Waals surface area contributed by atoms with Crippen molar-refractivity contribution in [3.05, 3.63) is 47.5 Å².